The maximum absolute atomic E-state index is 11.2. The molecule has 13 heavy (non-hydrogen) atoms. The van der Waals surface area contributed by atoms with E-state index in [9.17, 15) is 4.79 Å². The Bertz CT molecular complexity index is 144. The van der Waals surface area contributed by atoms with Crippen molar-refractivity contribution in [2.75, 3.05) is 13.2 Å². The van der Waals surface area contributed by atoms with Gasteiger partial charge in [0.05, 0.1) is 6.10 Å². The van der Waals surface area contributed by atoms with Crippen LogP contribution in [0.1, 0.15) is 34.1 Å². The normalized spacial score (nSPS) is 11.2. The number of rotatable bonds is 7. The minimum atomic E-state index is 0.141. The average molecular weight is 187 g/mol. The molecule has 0 spiro atoms. The van der Waals surface area contributed by atoms with Gasteiger partial charge in [-0.15, -0.1) is 0 Å². The van der Waals surface area contributed by atoms with Crippen LogP contribution in [0.25, 0.3) is 0 Å². The highest BCUT2D eigenvalue weighted by atomic mass is 16.5. The van der Waals surface area contributed by atoms with Crippen molar-refractivity contribution in [1.82, 2.24) is 5.32 Å². The van der Waals surface area contributed by atoms with E-state index in [1.165, 1.54) is 0 Å². The third-order valence-corrected chi connectivity index (χ3v) is 1.53. The first kappa shape index (κ1) is 12.6. The van der Waals surface area contributed by atoms with E-state index in [1.807, 2.05) is 13.8 Å². The van der Waals surface area contributed by atoms with Crippen LogP contribution >= 0.6 is 0 Å². The van der Waals surface area contributed by atoms with E-state index < -0.39 is 0 Å². The number of hydrogen-bond donors (Lipinski definition) is 1. The maximum atomic E-state index is 11.2. The van der Waals surface area contributed by atoms with Crippen molar-refractivity contribution in [3.8, 4) is 0 Å². The Kier molecular flexibility index (Phi) is 6.82. The van der Waals surface area contributed by atoms with Crippen LogP contribution < -0.4 is 5.32 Å². The lowest BCUT2D eigenvalue weighted by Crippen LogP contribution is -2.26. The van der Waals surface area contributed by atoms with Gasteiger partial charge >= 0.3 is 0 Å². The SMILES string of the molecule is CC(C)NCCC(=O)COC(C)C. The van der Waals surface area contributed by atoms with Gasteiger partial charge in [-0.1, -0.05) is 13.8 Å². The van der Waals surface area contributed by atoms with Crippen molar-refractivity contribution in [3.63, 3.8) is 0 Å². The lowest BCUT2D eigenvalue weighted by Gasteiger charge is -2.08. The molecule has 0 aliphatic carbocycles. The molecule has 0 radical (unpaired) electrons. The molecule has 0 aromatic heterocycles. The quantitative estimate of drug-likeness (QED) is 0.654. The molecule has 0 bridgehead atoms. The predicted molar refractivity (Wildman–Crippen MR) is 53.9 cm³/mol. The summed E-state index contributed by atoms with van der Waals surface area (Å²) in [5, 5.41) is 3.19. The van der Waals surface area contributed by atoms with Crippen molar-refractivity contribution < 1.29 is 9.53 Å². The van der Waals surface area contributed by atoms with E-state index >= 15 is 0 Å². The Hall–Kier alpha value is -0.410. The van der Waals surface area contributed by atoms with E-state index in [4.69, 9.17) is 4.74 Å². The predicted octanol–water partition coefficient (Wildman–Crippen LogP) is 1.37. The van der Waals surface area contributed by atoms with Crippen molar-refractivity contribution >= 4 is 5.78 Å². The van der Waals surface area contributed by atoms with Gasteiger partial charge in [-0.25, -0.2) is 0 Å². The van der Waals surface area contributed by atoms with Gasteiger partial charge in [-0.2, -0.15) is 0 Å². The van der Waals surface area contributed by atoms with Gasteiger partial charge < -0.3 is 10.1 Å². The first-order chi connectivity index (χ1) is 6.02. The number of Topliss-reactive ketones (excluding diaryl/α,β-unsaturated/α-hetero) is 1. The standard InChI is InChI=1S/C10H21NO2/c1-8(2)11-6-5-10(12)7-13-9(3)4/h8-9,11H,5-7H2,1-4H3. The first-order valence-electron chi connectivity index (χ1n) is 4.89. The van der Waals surface area contributed by atoms with E-state index in [0.717, 1.165) is 6.54 Å². The largest absolute Gasteiger partial charge is 0.371 e. The second-order valence-corrected chi connectivity index (χ2v) is 3.76. The number of ketones is 1. The van der Waals surface area contributed by atoms with Crippen molar-refractivity contribution in [3.05, 3.63) is 0 Å². The van der Waals surface area contributed by atoms with Crippen molar-refractivity contribution in [2.24, 2.45) is 0 Å². The summed E-state index contributed by atoms with van der Waals surface area (Å²) in [5.74, 6) is 0.168. The molecular weight excluding hydrogens is 166 g/mol. The summed E-state index contributed by atoms with van der Waals surface area (Å²) in [6.07, 6.45) is 0.701. The minimum absolute atomic E-state index is 0.141. The molecule has 0 aliphatic heterocycles. The molecule has 0 aromatic rings. The third kappa shape index (κ3) is 9.50. The van der Waals surface area contributed by atoms with Crippen molar-refractivity contribution in [1.29, 1.82) is 0 Å². The Morgan fingerprint density at radius 1 is 1.31 bits per heavy atom. The molecular formula is C10H21NO2. The molecule has 0 saturated heterocycles. The van der Waals surface area contributed by atoms with Crippen LogP contribution in [0.3, 0.4) is 0 Å². The third-order valence-electron chi connectivity index (χ3n) is 1.53. The van der Waals surface area contributed by atoms with Crippen LogP contribution in [0.5, 0.6) is 0 Å². The Labute approximate surface area is 80.8 Å². The minimum Gasteiger partial charge on any atom is -0.371 e. The average Bonchev–Trinajstić information content (AvgIpc) is 2.00. The fourth-order valence-corrected chi connectivity index (χ4v) is 0.832. The van der Waals surface area contributed by atoms with Gasteiger partial charge in [0.15, 0.2) is 5.78 Å². The number of ether oxygens (including phenoxy) is 1. The van der Waals surface area contributed by atoms with Crippen LogP contribution in [0.2, 0.25) is 0 Å². The molecule has 0 aliphatic rings. The smallest absolute Gasteiger partial charge is 0.159 e. The number of carbonyl (C=O) groups is 1. The summed E-state index contributed by atoms with van der Waals surface area (Å²) < 4.78 is 5.18. The van der Waals surface area contributed by atoms with E-state index in [2.05, 4.69) is 19.2 Å². The highest BCUT2D eigenvalue weighted by Gasteiger charge is 2.03. The molecule has 0 aromatic carbocycles. The monoisotopic (exact) mass is 187 g/mol. The Morgan fingerprint density at radius 3 is 2.38 bits per heavy atom. The topological polar surface area (TPSA) is 38.3 Å². The fourth-order valence-electron chi connectivity index (χ4n) is 0.832. The second-order valence-electron chi connectivity index (χ2n) is 3.76. The van der Waals surface area contributed by atoms with Gasteiger partial charge in [-0.05, 0) is 13.8 Å². The van der Waals surface area contributed by atoms with E-state index in [1.54, 1.807) is 0 Å². The lowest BCUT2D eigenvalue weighted by atomic mass is 10.3. The van der Waals surface area contributed by atoms with Gasteiger partial charge in [0.2, 0.25) is 0 Å². The highest BCUT2D eigenvalue weighted by Crippen LogP contribution is 1.90. The van der Waals surface area contributed by atoms with Gasteiger partial charge in [0.25, 0.3) is 0 Å². The summed E-state index contributed by atoms with van der Waals surface area (Å²) in [6, 6.07) is 0.443. The van der Waals surface area contributed by atoms with Gasteiger partial charge in [-0.3, -0.25) is 4.79 Å². The molecule has 3 nitrogen and oxygen atoms in total. The van der Waals surface area contributed by atoms with Crippen LogP contribution in [0.15, 0.2) is 0 Å². The highest BCUT2D eigenvalue weighted by molar-refractivity contribution is 5.79. The summed E-state index contributed by atoms with van der Waals surface area (Å²) in [4.78, 5) is 11.2. The molecule has 0 rings (SSSR count). The molecule has 3 heteroatoms. The Balaban J connectivity index is 3.30. The fraction of sp³-hybridized carbons (Fsp3) is 0.900. The first-order valence-corrected chi connectivity index (χ1v) is 4.89. The number of hydrogen-bond acceptors (Lipinski definition) is 3. The van der Waals surface area contributed by atoms with Crippen molar-refractivity contribution in [2.45, 2.75) is 46.3 Å². The van der Waals surface area contributed by atoms with E-state index in [-0.39, 0.29) is 18.5 Å². The molecule has 0 saturated carbocycles. The van der Waals surface area contributed by atoms with Gasteiger partial charge in [0, 0.05) is 19.0 Å². The second kappa shape index (κ2) is 7.04. The number of carbonyl (C=O) groups excluding carboxylic acids is 1. The van der Waals surface area contributed by atoms with Gasteiger partial charge in [0.1, 0.15) is 6.61 Å². The molecule has 0 unspecified atom stereocenters. The zero-order valence-electron chi connectivity index (χ0n) is 9.09. The summed E-state index contributed by atoms with van der Waals surface area (Å²) in [7, 11) is 0. The summed E-state index contributed by atoms with van der Waals surface area (Å²) >= 11 is 0. The summed E-state index contributed by atoms with van der Waals surface area (Å²) in [6.45, 7) is 8.98. The van der Waals surface area contributed by atoms with Crippen LogP contribution in [0, 0.1) is 0 Å². The number of nitrogens with one attached hydrogen (secondary N) is 1. The van der Waals surface area contributed by atoms with E-state index in [0.29, 0.717) is 12.5 Å². The Morgan fingerprint density at radius 2 is 1.92 bits per heavy atom. The molecule has 78 valence electrons. The van der Waals surface area contributed by atoms with Crippen LogP contribution in [0.4, 0.5) is 0 Å². The molecule has 0 heterocycles. The molecule has 0 fully saturated rings. The maximum Gasteiger partial charge on any atom is 0.159 e. The molecule has 0 amide bonds. The van der Waals surface area contributed by atoms with Crippen LogP contribution in [-0.4, -0.2) is 31.1 Å². The zero-order chi connectivity index (χ0) is 10.3. The summed E-state index contributed by atoms with van der Waals surface area (Å²) in [5.41, 5.74) is 0. The molecule has 1 N–H and O–H groups in total. The lowest BCUT2D eigenvalue weighted by molar-refractivity contribution is -0.124. The van der Waals surface area contributed by atoms with Crippen LogP contribution in [-0.2, 0) is 9.53 Å². The zero-order valence-corrected chi connectivity index (χ0v) is 9.09. The molecule has 0 atom stereocenters.